The molecule has 1 fully saturated rings. The summed E-state index contributed by atoms with van der Waals surface area (Å²) in [5.41, 5.74) is 4.32. The molecule has 2 N–H and O–H groups in total. The van der Waals surface area contributed by atoms with Crippen LogP contribution in [0, 0.1) is 0 Å². The van der Waals surface area contributed by atoms with Crippen LogP contribution in [0.4, 0.5) is 29.2 Å². The van der Waals surface area contributed by atoms with Crippen LogP contribution < -0.4 is 15.5 Å². The molecule has 0 unspecified atom stereocenters. The van der Waals surface area contributed by atoms with E-state index in [0.717, 1.165) is 54.0 Å². The van der Waals surface area contributed by atoms with Gasteiger partial charge >= 0.3 is 0 Å². The van der Waals surface area contributed by atoms with E-state index in [4.69, 9.17) is 4.42 Å². The smallest absolute Gasteiger partial charge is 0.233 e. The monoisotopic (exact) mass is 449 g/mol. The van der Waals surface area contributed by atoms with E-state index < -0.39 is 0 Å². The lowest BCUT2D eigenvalue weighted by molar-refractivity contribution is 0.620. The molecule has 0 atom stereocenters. The molecule has 0 radical (unpaired) electrons. The van der Waals surface area contributed by atoms with Crippen LogP contribution in [-0.2, 0) is 0 Å². The lowest BCUT2D eigenvalue weighted by Gasteiger charge is -2.17. The Hall–Kier alpha value is -4.46. The second-order valence-corrected chi connectivity index (χ2v) is 8.16. The van der Waals surface area contributed by atoms with E-state index in [-0.39, 0.29) is 0 Å². The van der Waals surface area contributed by atoms with E-state index in [2.05, 4.69) is 35.5 Å². The first kappa shape index (κ1) is 20.2. The standard InChI is InChI=1S/C26H23N7O/c1-2-8-19(9-3-1)27-24-30-25(32-26(31-24)33-16-6-7-17-33)28-20-14-12-18(13-15-20)23-29-21-10-4-5-11-22(21)34-23/h1-5,8-15H,6-7,16-17H2,(H2,27,28,30,31,32). The Balaban J connectivity index is 1.26. The number of aromatic nitrogens is 4. The Morgan fingerprint density at radius 3 is 2.00 bits per heavy atom. The zero-order chi connectivity index (χ0) is 22.7. The number of rotatable bonds is 6. The van der Waals surface area contributed by atoms with Crippen molar-refractivity contribution < 1.29 is 4.42 Å². The molecule has 168 valence electrons. The molecule has 3 aromatic carbocycles. The van der Waals surface area contributed by atoms with Crippen LogP contribution in [0.15, 0.2) is 83.3 Å². The maximum atomic E-state index is 5.88. The van der Waals surface area contributed by atoms with Crippen LogP contribution in [0.2, 0.25) is 0 Å². The third kappa shape index (κ3) is 4.25. The second kappa shape index (κ2) is 8.82. The molecule has 1 aliphatic heterocycles. The van der Waals surface area contributed by atoms with Crippen molar-refractivity contribution in [1.29, 1.82) is 0 Å². The summed E-state index contributed by atoms with van der Waals surface area (Å²) in [7, 11) is 0. The topological polar surface area (TPSA) is 92.0 Å². The van der Waals surface area contributed by atoms with Crippen molar-refractivity contribution in [3.63, 3.8) is 0 Å². The SMILES string of the molecule is c1ccc(Nc2nc(Nc3ccc(-c4nc5ccccc5o4)cc3)nc(N3CCCC3)n2)cc1. The van der Waals surface area contributed by atoms with Gasteiger partial charge in [-0.1, -0.05) is 30.3 Å². The van der Waals surface area contributed by atoms with E-state index in [9.17, 15) is 0 Å². The number of para-hydroxylation sites is 3. The van der Waals surface area contributed by atoms with Gasteiger partial charge in [-0.15, -0.1) is 0 Å². The van der Waals surface area contributed by atoms with Crippen LogP contribution in [0.1, 0.15) is 12.8 Å². The number of anilines is 5. The number of nitrogens with one attached hydrogen (secondary N) is 2. The zero-order valence-electron chi connectivity index (χ0n) is 18.5. The van der Waals surface area contributed by atoms with E-state index in [1.165, 1.54) is 0 Å². The molecular formula is C26H23N7O. The van der Waals surface area contributed by atoms with Crippen molar-refractivity contribution in [1.82, 2.24) is 19.9 Å². The van der Waals surface area contributed by atoms with Gasteiger partial charge in [-0.2, -0.15) is 15.0 Å². The molecule has 0 bridgehead atoms. The fourth-order valence-corrected chi connectivity index (χ4v) is 4.01. The van der Waals surface area contributed by atoms with Gasteiger partial charge in [0.1, 0.15) is 5.52 Å². The molecule has 0 amide bonds. The van der Waals surface area contributed by atoms with Crippen molar-refractivity contribution >= 4 is 40.3 Å². The minimum atomic E-state index is 0.491. The van der Waals surface area contributed by atoms with Gasteiger partial charge in [-0.3, -0.25) is 0 Å². The van der Waals surface area contributed by atoms with Gasteiger partial charge < -0.3 is 20.0 Å². The first-order valence-electron chi connectivity index (χ1n) is 11.4. The molecule has 2 aromatic heterocycles. The van der Waals surface area contributed by atoms with Gasteiger partial charge in [0.15, 0.2) is 5.58 Å². The van der Waals surface area contributed by atoms with Gasteiger partial charge in [-0.25, -0.2) is 4.98 Å². The Labute approximate surface area is 196 Å². The number of oxazole rings is 1. The summed E-state index contributed by atoms with van der Waals surface area (Å²) >= 11 is 0. The Morgan fingerprint density at radius 2 is 1.29 bits per heavy atom. The maximum absolute atomic E-state index is 5.88. The largest absolute Gasteiger partial charge is 0.436 e. The highest BCUT2D eigenvalue weighted by atomic mass is 16.3. The number of hydrogen-bond acceptors (Lipinski definition) is 8. The molecule has 5 aromatic rings. The fourth-order valence-electron chi connectivity index (χ4n) is 4.01. The van der Waals surface area contributed by atoms with Crippen LogP contribution in [0.5, 0.6) is 0 Å². The van der Waals surface area contributed by atoms with Gasteiger partial charge in [-0.05, 0) is 61.4 Å². The minimum Gasteiger partial charge on any atom is -0.436 e. The first-order valence-corrected chi connectivity index (χ1v) is 11.4. The van der Waals surface area contributed by atoms with Crippen molar-refractivity contribution in [3.05, 3.63) is 78.9 Å². The van der Waals surface area contributed by atoms with Gasteiger partial charge in [0.25, 0.3) is 0 Å². The normalized spacial score (nSPS) is 13.4. The summed E-state index contributed by atoms with van der Waals surface area (Å²) in [5.74, 6) is 2.27. The van der Waals surface area contributed by atoms with Crippen LogP contribution >= 0.6 is 0 Å². The lowest BCUT2D eigenvalue weighted by Crippen LogP contribution is -2.21. The second-order valence-electron chi connectivity index (χ2n) is 8.16. The average molecular weight is 450 g/mol. The highest BCUT2D eigenvalue weighted by molar-refractivity contribution is 5.76. The number of fused-ring (bicyclic) bond motifs is 1. The first-order chi connectivity index (χ1) is 16.8. The van der Waals surface area contributed by atoms with E-state index in [1.54, 1.807) is 0 Å². The van der Waals surface area contributed by atoms with Crippen molar-refractivity contribution in [2.24, 2.45) is 0 Å². The van der Waals surface area contributed by atoms with E-state index >= 15 is 0 Å². The van der Waals surface area contributed by atoms with Crippen LogP contribution in [0.3, 0.4) is 0 Å². The van der Waals surface area contributed by atoms with Gasteiger partial charge in [0, 0.05) is 30.0 Å². The summed E-state index contributed by atoms with van der Waals surface area (Å²) in [5, 5.41) is 6.61. The van der Waals surface area contributed by atoms with Crippen molar-refractivity contribution in [3.8, 4) is 11.5 Å². The van der Waals surface area contributed by atoms with E-state index in [0.29, 0.717) is 23.7 Å². The molecule has 1 aliphatic rings. The van der Waals surface area contributed by atoms with E-state index in [1.807, 2.05) is 78.9 Å². The molecule has 8 heteroatoms. The molecule has 8 nitrogen and oxygen atoms in total. The van der Waals surface area contributed by atoms with Gasteiger partial charge in [0.05, 0.1) is 0 Å². The predicted octanol–water partition coefficient (Wildman–Crippen LogP) is 5.77. The maximum Gasteiger partial charge on any atom is 0.233 e. The Morgan fingerprint density at radius 1 is 0.647 bits per heavy atom. The molecule has 0 saturated carbocycles. The summed E-state index contributed by atoms with van der Waals surface area (Å²) in [6.07, 6.45) is 2.29. The predicted molar refractivity (Wildman–Crippen MR) is 134 cm³/mol. The summed E-state index contributed by atoms with van der Waals surface area (Å²) < 4.78 is 5.88. The van der Waals surface area contributed by atoms with Crippen LogP contribution in [0.25, 0.3) is 22.6 Å². The van der Waals surface area contributed by atoms with Crippen LogP contribution in [-0.4, -0.2) is 33.0 Å². The molecule has 34 heavy (non-hydrogen) atoms. The number of hydrogen-bond donors (Lipinski definition) is 2. The average Bonchev–Trinajstić information content (AvgIpc) is 3.56. The van der Waals surface area contributed by atoms with Crippen molar-refractivity contribution in [2.75, 3.05) is 28.6 Å². The molecular weight excluding hydrogens is 426 g/mol. The number of nitrogens with zero attached hydrogens (tertiary/aromatic N) is 5. The van der Waals surface area contributed by atoms with Crippen molar-refractivity contribution in [2.45, 2.75) is 12.8 Å². The summed E-state index contributed by atoms with van der Waals surface area (Å²) in [6, 6.07) is 25.5. The number of benzene rings is 3. The quantitative estimate of drug-likeness (QED) is 0.338. The molecule has 0 spiro atoms. The summed E-state index contributed by atoms with van der Waals surface area (Å²) in [6.45, 7) is 1.90. The Kier molecular flexibility index (Phi) is 5.23. The molecule has 1 saturated heterocycles. The molecule has 3 heterocycles. The highest BCUT2D eigenvalue weighted by Crippen LogP contribution is 2.27. The molecule has 6 rings (SSSR count). The Bertz CT molecular complexity index is 1380. The van der Waals surface area contributed by atoms with Gasteiger partial charge in [0.2, 0.25) is 23.7 Å². The fraction of sp³-hybridized carbons (Fsp3) is 0.154. The zero-order valence-corrected chi connectivity index (χ0v) is 18.5. The third-order valence-electron chi connectivity index (χ3n) is 5.72. The molecule has 0 aliphatic carbocycles. The lowest BCUT2D eigenvalue weighted by atomic mass is 10.2. The summed E-state index contributed by atoms with van der Waals surface area (Å²) in [4.78, 5) is 20.7. The minimum absolute atomic E-state index is 0.491. The highest BCUT2D eigenvalue weighted by Gasteiger charge is 2.18. The third-order valence-corrected chi connectivity index (χ3v) is 5.72.